The third-order valence-electron chi connectivity index (χ3n) is 6.26. The topological polar surface area (TPSA) is 29.5 Å². The smallest absolute Gasteiger partial charge is 0.228 e. The van der Waals surface area contributed by atoms with Gasteiger partial charge in [0.25, 0.3) is 0 Å². The fraction of sp³-hybridized carbons (Fsp3) is 0.938. The number of carbonyl (C=O) groups excluding carboxylic acids is 1. The molecule has 0 aromatic heterocycles. The van der Waals surface area contributed by atoms with Gasteiger partial charge in [-0.2, -0.15) is 0 Å². The Kier molecular flexibility index (Phi) is 2.70. The first-order valence-corrected chi connectivity index (χ1v) is 8.01. The van der Waals surface area contributed by atoms with Crippen LogP contribution in [0.15, 0.2) is 0 Å². The van der Waals surface area contributed by atoms with Gasteiger partial charge in [-0.3, -0.25) is 4.79 Å². The third kappa shape index (κ3) is 1.84. The molecule has 5 fully saturated rings. The fourth-order valence-corrected chi connectivity index (χ4v) is 5.81. The summed E-state index contributed by atoms with van der Waals surface area (Å²) in [6.07, 6.45) is 9.09. The Morgan fingerprint density at radius 2 is 1.68 bits per heavy atom. The largest absolute Gasteiger partial charge is 0.380 e. The highest BCUT2D eigenvalue weighted by Gasteiger charge is 2.55. The molecule has 0 radical (unpaired) electrons. The van der Waals surface area contributed by atoms with E-state index in [9.17, 15) is 4.79 Å². The van der Waals surface area contributed by atoms with Gasteiger partial charge in [0.05, 0.1) is 11.5 Å². The van der Waals surface area contributed by atoms with Gasteiger partial charge in [0.1, 0.15) is 0 Å². The number of likely N-dealkylation sites (tertiary alicyclic amines) is 1. The molecule has 0 spiro atoms. The first kappa shape index (κ1) is 12.2. The molecule has 3 nitrogen and oxygen atoms in total. The molecule has 3 heteroatoms. The number of rotatable bonds is 2. The highest BCUT2D eigenvalue weighted by molar-refractivity contribution is 5.83. The van der Waals surface area contributed by atoms with Gasteiger partial charge in [0, 0.05) is 20.2 Å². The zero-order chi connectivity index (χ0) is 13.0. The lowest BCUT2D eigenvalue weighted by Gasteiger charge is -2.56. The maximum atomic E-state index is 13.0. The molecular weight excluding hydrogens is 238 g/mol. The molecule has 0 aromatic rings. The van der Waals surface area contributed by atoms with Crippen molar-refractivity contribution in [2.24, 2.45) is 23.2 Å². The third-order valence-corrected chi connectivity index (χ3v) is 6.26. The lowest BCUT2D eigenvalue weighted by Crippen LogP contribution is -2.54. The standard InChI is InChI=1S/C16H25NO2/c1-19-14-2-3-17(10-14)15(18)16-7-11-4-12(8-16)6-13(5-11)9-16/h11-14H,2-10H2,1H3. The second-order valence-corrected chi connectivity index (χ2v) is 7.60. The van der Waals surface area contributed by atoms with Crippen molar-refractivity contribution in [3.05, 3.63) is 0 Å². The summed E-state index contributed by atoms with van der Waals surface area (Å²) in [5.41, 5.74) is 0.0391. The van der Waals surface area contributed by atoms with Crippen LogP contribution >= 0.6 is 0 Å². The van der Waals surface area contributed by atoms with E-state index in [1.807, 2.05) is 0 Å². The van der Waals surface area contributed by atoms with E-state index in [1.165, 1.54) is 38.5 Å². The number of nitrogens with zero attached hydrogens (tertiary/aromatic N) is 1. The van der Waals surface area contributed by atoms with E-state index in [1.54, 1.807) is 7.11 Å². The Balaban J connectivity index is 1.53. The monoisotopic (exact) mass is 263 g/mol. The molecule has 1 atom stereocenters. The number of ether oxygens (including phenoxy) is 1. The second kappa shape index (κ2) is 4.21. The van der Waals surface area contributed by atoms with E-state index < -0.39 is 0 Å². The van der Waals surface area contributed by atoms with Crippen LogP contribution in [0, 0.1) is 23.2 Å². The van der Waals surface area contributed by atoms with Crippen molar-refractivity contribution in [1.29, 1.82) is 0 Å². The average molecular weight is 263 g/mol. The molecular formula is C16H25NO2. The number of methoxy groups -OCH3 is 1. The van der Waals surface area contributed by atoms with Gasteiger partial charge in [-0.05, 0) is 62.7 Å². The summed E-state index contributed by atoms with van der Waals surface area (Å²) in [4.78, 5) is 15.1. The van der Waals surface area contributed by atoms with Crippen molar-refractivity contribution in [2.75, 3.05) is 20.2 Å². The molecule has 1 saturated heterocycles. The minimum absolute atomic E-state index is 0.0391. The van der Waals surface area contributed by atoms with Crippen LogP contribution in [0.2, 0.25) is 0 Å². The summed E-state index contributed by atoms with van der Waals surface area (Å²) < 4.78 is 5.42. The summed E-state index contributed by atoms with van der Waals surface area (Å²) in [7, 11) is 1.77. The van der Waals surface area contributed by atoms with E-state index in [2.05, 4.69) is 4.90 Å². The molecule has 106 valence electrons. The van der Waals surface area contributed by atoms with Crippen molar-refractivity contribution < 1.29 is 9.53 Å². The molecule has 1 unspecified atom stereocenters. The Labute approximate surface area is 115 Å². The minimum atomic E-state index is 0.0391. The summed E-state index contributed by atoms with van der Waals surface area (Å²) in [6, 6.07) is 0. The SMILES string of the molecule is COC1CCN(C(=O)C23CC4CC(CC(C4)C2)C3)C1. The second-order valence-electron chi connectivity index (χ2n) is 7.60. The maximum absolute atomic E-state index is 13.0. The lowest BCUT2D eigenvalue weighted by molar-refractivity contribution is -0.157. The van der Waals surface area contributed by atoms with Gasteiger partial charge in [0.15, 0.2) is 0 Å². The Morgan fingerprint density at radius 3 is 2.16 bits per heavy atom. The fourth-order valence-electron chi connectivity index (χ4n) is 5.81. The van der Waals surface area contributed by atoms with Crippen LogP contribution in [0.5, 0.6) is 0 Å². The normalized spacial score (nSPS) is 47.9. The molecule has 1 heterocycles. The maximum Gasteiger partial charge on any atom is 0.228 e. The molecule has 5 rings (SSSR count). The molecule has 19 heavy (non-hydrogen) atoms. The minimum Gasteiger partial charge on any atom is -0.380 e. The lowest BCUT2D eigenvalue weighted by atomic mass is 9.49. The summed E-state index contributed by atoms with van der Waals surface area (Å²) >= 11 is 0. The highest BCUT2D eigenvalue weighted by Crippen LogP contribution is 2.60. The zero-order valence-corrected chi connectivity index (χ0v) is 11.9. The van der Waals surface area contributed by atoms with Crippen LogP contribution < -0.4 is 0 Å². The predicted octanol–water partition coefficient (Wildman–Crippen LogP) is 2.45. The van der Waals surface area contributed by atoms with Gasteiger partial charge in [0.2, 0.25) is 5.91 Å². The van der Waals surface area contributed by atoms with Crippen molar-refractivity contribution in [1.82, 2.24) is 4.90 Å². The van der Waals surface area contributed by atoms with Crippen LogP contribution in [0.1, 0.15) is 44.9 Å². The van der Waals surface area contributed by atoms with Crippen LogP contribution in [0.4, 0.5) is 0 Å². The van der Waals surface area contributed by atoms with Crippen LogP contribution in [-0.2, 0) is 9.53 Å². The molecule has 1 aliphatic heterocycles. The number of carbonyl (C=O) groups is 1. The van der Waals surface area contributed by atoms with E-state index in [0.29, 0.717) is 5.91 Å². The van der Waals surface area contributed by atoms with Gasteiger partial charge >= 0.3 is 0 Å². The van der Waals surface area contributed by atoms with Crippen molar-refractivity contribution in [3.63, 3.8) is 0 Å². The summed E-state index contributed by atoms with van der Waals surface area (Å²) in [5.74, 6) is 3.05. The Hall–Kier alpha value is -0.570. The van der Waals surface area contributed by atoms with Crippen LogP contribution in [0.25, 0.3) is 0 Å². The Morgan fingerprint density at radius 1 is 1.11 bits per heavy atom. The molecule has 4 aliphatic carbocycles. The Bertz CT molecular complexity index is 357. The summed E-state index contributed by atoms with van der Waals surface area (Å²) in [6.45, 7) is 1.75. The highest BCUT2D eigenvalue weighted by atomic mass is 16.5. The van der Waals surface area contributed by atoms with Crippen molar-refractivity contribution in [3.8, 4) is 0 Å². The van der Waals surface area contributed by atoms with E-state index in [0.717, 1.165) is 37.3 Å². The van der Waals surface area contributed by atoms with Crippen LogP contribution in [-0.4, -0.2) is 37.1 Å². The number of amides is 1. The van der Waals surface area contributed by atoms with E-state index in [-0.39, 0.29) is 11.5 Å². The molecule has 4 saturated carbocycles. The van der Waals surface area contributed by atoms with Crippen molar-refractivity contribution >= 4 is 5.91 Å². The van der Waals surface area contributed by atoms with Gasteiger partial charge in [-0.1, -0.05) is 0 Å². The first-order valence-electron chi connectivity index (χ1n) is 8.01. The van der Waals surface area contributed by atoms with Crippen molar-refractivity contribution in [2.45, 2.75) is 51.0 Å². The summed E-state index contributed by atoms with van der Waals surface area (Å²) in [5, 5.41) is 0. The van der Waals surface area contributed by atoms with Crippen LogP contribution in [0.3, 0.4) is 0 Å². The number of hydrogen-bond acceptors (Lipinski definition) is 2. The molecule has 0 N–H and O–H groups in total. The number of hydrogen-bond donors (Lipinski definition) is 0. The van der Waals surface area contributed by atoms with E-state index >= 15 is 0 Å². The molecule has 5 aliphatic rings. The van der Waals surface area contributed by atoms with Gasteiger partial charge in [-0.15, -0.1) is 0 Å². The van der Waals surface area contributed by atoms with Gasteiger partial charge in [-0.25, -0.2) is 0 Å². The predicted molar refractivity (Wildman–Crippen MR) is 72.6 cm³/mol. The molecule has 1 amide bonds. The van der Waals surface area contributed by atoms with Gasteiger partial charge < -0.3 is 9.64 Å². The molecule has 4 bridgehead atoms. The zero-order valence-electron chi connectivity index (χ0n) is 11.9. The first-order chi connectivity index (χ1) is 9.18. The average Bonchev–Trinajstić information content (AvgIpc) is 2.84. The van der Waals surface area contributed by atoms with E-state index in [4.69, 9.17) is 4.74 Å². The molecule has 0 aromatic carbocycles. The quantitative estimate of drug-likeness (QED) is 0.766.